The van der Waals surface area contributed by atoms with Crippen LogP contribution in [0.1, 0.15) is 64.0 Å². The second-order valence-electron chi connectivity index (χ2n) is 12.8. The average molecular weight is 615 g/mol. The summed E-state index contributed by atoms with van der Waals surface area (Å²) in [5.41, 5.74) is 1.69. The minimum Gasteiger partial charge on any atom is -0.497 e. The zero-order chi connectivity index (χ0) is 30.6. The molecule has 1 amide bonds. The molecule has 2 saturated carbocycles. The highest BCUT2D eigenvalue weighted by Gasteiger charge is 2.65. The number of carbonyl (C=O) groups is 2. The van der Waals surface area contributed by atoms with Gasteiger partial charge >= 0.3 is 5.97 Å². The van der Waals surface area contributed by atoms with Crippen molar-refractivity contribution in [1.29, 1.82) is 0 Å². The van der Waals surface area contributed by atoms with Gasteiger partial charge in [-0.2, -0.15) is 0 Å². The lowest BCUT2D eigenvalue weighted by Gasteiger charge is -2.24. The molecule has 0 N–H and O–H groups in total. The molecule has 1 spiro atoms. The lowest BCUT2D eigenvalue weighted by atomic mass is 9.94. The standard InChI is InChI=1S/C34H38N4O5S/c1-19(2)28-18-44-31(36-28)27-16-29(23-11-10-21(41-4)15-26(23)35-27)42-22-13-24-25(14-22)32(39)38(3)12-8-6-5-7-9-20-17-34(20)33(40)43-30(24)37-34/h7,9-11,15-16,18-20,22,24-25H,5-6,8,12-14,17H2,1-4H3/b9-7-/t20-,22+,24+,25+,34+/m0/s1. The number of pyridine rings is 1. The number of benzene rings is 1. The smallest absolute Gasteiger partial charge is 0.341 e. The van der Waals surface area contributed by atoms with Crippen molar-refractivity contribution in [1.82, 2.24) is 14.9 Å². The summed E-state index contributed by atoms with van der Waals surface area (Å²) in [6.07, 6.45) is 8.54. The Labute approximate surface area is 261 Å². The molecule has 2 aliphatic heterocycles. The van der Waals surface area contributed by atoms with Crippen LogP contribution in [0.4, 0.5) is 0 Å². The topological polar surface area (TPSA) is 103 Å². The normalized spacial score (nSPS) is 29.1. The number of allylic oxidation sites excluding steroid dienone is 1. The van der Waals surface area contributed by atoms with Gasteiger partial charge in [0.1, 0.15) is 28.3 Å². The fourth-order valence-electron chi connectivity index (χ4n) is 6.73. The minimum atomic E-state index is -0.813. The van der Waals surface area contributed by atoms with Gasteiger partial charge < -0.3 is 19.1 Å². The number of methoxy groups -OCH3 is 1. The van der Waals surface area contributed by atoms with Gasteiger partial charge in [-0.05, 0) is 56.6 Å². The monoisotopic (exact) mass is 614 g/mol. The molecule has 2 aliphatic carbocycles. The Hall–Kier alpha value is -3.79. The van der Waals surface area contributed by atoms with E-state index in [9.17, 15) is 9.59 Å². The van der Waals surface area contributed by atoms with Gasteiger partial charge in [0, 0.05) is 42.4 Å². The van der Waals surface area contributed by atoms with Crippen LogP contribution >= 0.6 is 11.3 Å². The summed E-state index contributed by atoms with van der Waals surface area (Å²) in [6.45, 7) is 4.94. The summed E-state index contributed by atoms with van der Waals surface area (Å²) in [6, 6.07) is 7.71. The second kappa shape index (κ2) is 11.3. The van der Waals surface area contributed by atoms with E-state index < -0.39 is 5.54 Å². The lowest BCUT2D eigenvalue weighted by Crippen LogP contribution is -2.37. The molecule has 3 aromatic rings. The van der Waals surface area contributed by atoms with Gasteiger partial charge in [-0.25, -0.2) is 19.8 Å². The zero-order valence-corrected chi connectivity index (χ0v) is 26.4. The highest BCUT2D eigenvalue weighted by Crippen LogP contribution is 2.53. The number of amides is 1. The summed E-state index contributed by atoms with van der Waals surface area (Å²) < 4.78 is 18.1. The van der Waals surface area contributed by atoms with E-state index in [-0.39, 0.29) is 35.7 Å². The van der Waals surface area contributed by atoms with E-state index in [1.54, 1.807) is 18.4 Å². The lowest BCUT2D eigenvalue weighted by molar-refractivity contribution is -0.138. The summed E-state index contributed by atoms with van der Waals surface area (Å²) in [4.78, 5) is 43.4. The Kier molecular flexibility index (Phi) is 7.43. The van der Waals surface area contributed by atoms with Crippen LogP contribution in [0, 0.1) is 17.8 Å². The Morgan fingerprint density at radius 2 is 1.95 bits per heavy atom. The number of nitrogens with zero attached hydrogens (tertiary/aromatic N) is 4. The van der Waals surface area contributed by atoms with Gasteiger partial charge in [-0.3, -0.25) is 4.79 Å². The van der Waals surface area contributed by atoms with Gasteiger partial charge in [0.2, 0.25) is 5.91 Å². The third-order valence-electron chi connectivity index (χ3n) is 9.46. The maximum atomic E-state index is 13.9. The molecule has 4 aliphatic rings. The van der Waals surface area contributed by atoms with Gasteiger partial charge in [0.25, 0.3) is 0 Å². The number of fused-ring (bicyclic) bond motifs is 3. The van der Waals surface area contributed by atoms with E-state index in [2.05, 4.69) is 31.4 Å². The number of hydrogen-bond acceptors (Lipinski definition) is 9. The third kappa shape index (κ3) is 5.16. The molecule has 9 nitrogen and oxygen atoms in total. The van der Waals surface area contributed by atoms with Gasteiger partial charge in [0.15, 0.2) is 11.4 Å². The fourth-order valence-corrected chi connectivity index (χ4v) is 7.67. The summed E-state index contributed by atoms with van der Waals surface area (Å²) in [5, 5.41) is 3.75. The summed E-state index contributed by atoms with van der Waals surface area (Å²) in [5.74, 6) is 1.21. The Morgan fingerprint density at radius 1 is 1.11 bits per heavy atom. The van der Waals surface area contributed by atoms with Crippen LogP contribution in [0.25, 0.3) is 21.6 Å². The maximum absolute atomic E-state index is 13.9. The summed E-state index contributed by atoms with van der Waals surface area (Å²) >= 11 is 1.56. The molecule has 2 fully saturated rings. The van der Waals surface area contributed by atoms with Crippen molar-refractivity contribution >= 4 is 40.0 Å². The van der Waals surface area contributed by atoms with Gasteiger partial charge in [0.05, 0.1) is 30.2 Å². The van der Waals surface area contributed by atoms with Crippen LogP contribution in [0.5, 0.6) is 11.5 Å². The van der Waals surface area contributed by atoms with Crippen molar-refractivity contribution in [3.63, 3.8) is 0 Å². The SMILES string of the molecule is COc1ccc2c(O[C@H]3C[C@H]4C(=O)N(C)CCCC/C=C\[C@H]5C[C@@]56N=C(OC6=O)[C@@H]4C3)cc(-c3nc(C(C)C)cs3)nc2c1. The second-order valence-corrected chi connectivity index (χ2v) is 13.7. The van der Waals surface area contributed by atoms with Crippen LogP contribution in [0.15, 0.2) is 46.8 Å². The molecule has 0 radical (unpaired) electrons. The van der Waals surface area contributed by atoms with Crippen molar-refractivity contribution in [3.05, 3.63) is 47.5 Å². The Morgan fingerprint density at radius 3 is 2.75 bits per heavy atom. The molecular weight excluding hydrogens is 576 g/mol. The number of aromatic nitrogens is 2. The van der Waals surface area contributed by atoms with Crippen molar-refractivity contribution in [3.8, 4) is 22.2 Å². The van der Waals surface area contributed by atoms with Crippen LogP contribution in [0.3, 0.4) is 0 Å². The third-order valence-corrected chi connectivity index (χ3v) is 10.3. The zero-order valence-electron chi connectivity index (χ0n) is 25.6. The number of ether oxygens (including phenoxy) is 3. The molecule has 7 rings (SSSR count). The number of esters is 1. The van der Waals surface area contributed by atoms with E-state index in [4.69, 9.17) is 29.2 Å². The molecule has 5 atom stereocenters. The van der Waals surface area contributed by atoms with Crippen molar-refractivity contribution in [2.45, 2.75) is 69.9 Å². The van der Waals surface area contributed by atoms with Crippen LogP contribution in [-0.4, -0.2) is 65.0 Å². The Balaban J connectivity index is 1.23. The highest BCUT2D eigenvalue weighted by atomic mass is 32.1. The molecule has 4 heterocycles. The van der Waals surface area contributed by atoms with Crippen molar-refractivity contribution < 1.29 is 23.8 Å². The molecule has 230 valence electrons. The highest BCUT2D eigenvalue weighted by molar-refractivity contribution is 7.13. The predicted molar refractivity (Wildman–Crippen MR) is 169 cm³/mol. The number of aliphatic imine (C=N–C) groups is 1. The first-order valence-corrected chi connectivity index (χ1v) is 16.5. The predicted octanol–water partition coefficient (Wildman–Crippen LogP) is 6.18. The van der Waals surface area contributed by atoms with Crippen molar-refractivity contribution in [2.24, 2.45) is 22.7 Å². The molecule has 44 heavy (non-hydrogen) atoms. The minimum absolute atomic E-state index is 0.0507. The molecule has 0 unspecified atom stereocenters. The van der Waals surface area contributed by atoms with Gasteiger partial charge in [-0.15, -0.1) is 11.3 Å². The van der Waals surface area contributed by atoms with Crippen LogP contribution in [-0.2, 0) is 14.3 Å². The molecule has 2 aromatic heterocycles. The van der Waals surface area contributed by atoms with E-state index in [0.717, 1.165) is 46.6 Å². The van der Waals surface area contributed by atoms with Crippen LogP contribution < -0.4 is 9.47 Å². The number of hydrogen-bond donors (Lipinski definition) is 0. The molecular formula is C34H38N4O5S. The molecule has 0 saturated heterocycles. The first-order valence-electron chi connectivity index (χ1n) is 15.6. The molecule has 2 bridgehead atoms. The van der Waals surface area contributed by atoms with E-state index in [0.29, 0.717) is 49.1 Å². The molecule has 10 heteroatoms. The van der Waals surface area contributed by atoms with Crippen molar-refractivity contribution in [2.75, 3.05) is 20.7 Å². The number of rotatable bonds is 5. The number of thiazole rings is 1. The summed E-state index contributed by atoms with van der Waals surface area (Å²) in [7, 11) is 3.50. The maximum Gasteiger partial charge on any atom is 0.341 e. The van der Waals surface area contributed by atoms with E-state index in [1.165, 1.54) is 0 Å². The first-order chi connectivity index (χ1) is 21.3. The van der Waals surface area contributed by atoms with E-state index >= 15 is 0 Å². The fraction of sp³-hybridized carbons (Fsp3) is 0.500. The van der Waals surface area contributed by atoms with Gasteiger partial charge in [-0.1, -0.05) is 26.0 Å². The quantitative estimate of drug-likeness (QED) is 0.250. The first kappa shape index (κ1) is 29.0. The van der Waals surface area contributed by atoms with E-state index in [1.807, 2.05) is 36.2 Å². The largest absolute Gasteiger partial charge is 0.497 e. The Bertz CT molecular complexity index is 1680. The van der Waals surface area contributed by atoms with Crippen LogP contribution in [0.2, 0.25) is 0 Å². The average Bonchev–Trinajstić information content (AvgIpc) is 3.35. The molecule has 1 aromatic carbocycles. The number of carbonyl (C=O) groups excluding carboxylic acids is 2.